The molecule has 0 aliphatic carbocycles. The Bertz CT molecular complexity index is 806. The molecule has 0 spiro atoms. The number of benzene rings is 1. The number of rotatable bonds is 3. The topological polar surface area (TPSA) is 62.6 Å². The minimum Gasteiger partial charge on any atom is -0.443 e. The molecule has 2 aromatic rings. The van der Waals surface area contributed by atoms with Crippen LogP contribution in [-0.4, -0.2) is 38.9 Å². The summed E-state index contributed by atoms with van der Waals surface area (Å²) < 4.78 is 46.0. The highest BCUT2D eigenvalue weighted by molar-refractivity contribution is 7.89. The summed E-state index contributed by atoms with van der Waals surface area (Å²) >= 11 is 0. The van der Waals surface area contributed by atoms with Gasteiger partial charge in [0.05, 0.1) is 0 Å². The minimum atomic E-state index is -3.71. The Hall–Kier alpha value is -1.15. The molecule has 5 nitrogen and oxygen atoms in total. The first-order valence-corrected chi connectivity index (χ1v) is 8.73. The van der Waals surface area contributed by atoms with E-state index in [1.54, 1.807) is 6.92 Å². The lowest BCUT2D eigenvalue weighted by Crippen LogP contribution is -2.46. The van der Waals surface area contributed by atoms with Crippen LogP contribution in [0.5, 0.6) is 0 Å². The Labute approximate surface area is 141 Å². The third-order valence-electron chi connectivity index (χ3n) is 4.22. The fraction of sp³-hybridized carbons (Fsp3) is 0.467. The van der Waals surface area contributed by atoms with Gasteiger partial charge in [0.25, 0.3) is 10.0 Å². The first-order chi connectivity index (χ1) is 10.4. The molecule has 0 bridgehead atoms. The van der Waals surface area contributed by atoms with E-state index in [4.69, 9.17) is 4.42 Å². The lowest BCUT2D eigenvalue weighted by atomic mass is 10.1. The number of nitrogens with one attached hydrogen (secondary N) is 1. The van der Waals surface area contributed by atoms with Crippen molar-refractivity contribution in [3.05, 3.63) is 29.6 Å². The van der Waals surface area contributed by atoms with E-state index in [9.17, 15) is 12.8 Å². The average molecular weight is 363 g/mol. The molecule has 1 aromatic heterocycles. The van der Waals surface area contributed by atoms with E-state index in [0.29, 0.717) is 29.6 Å². The summed E-state index contributed by atoms with van der Waals surface area (Å²) in [6.07, 6.45) is 1.76. The molecular weight excluding hydrogens is 343 g/mol. The minimum absolute atomic E-state index is 0. The second-order valence-corrected chi connectivity index (χ2v) is 7.48. The van der Waals surface area contributed by atoms with Crippen molar-refractivity contribution in [2.24, 2.45) is 0 Å². The first kappa shape index (κ1) is 18.2. The van der Waals surface area contributed by atoms with E-state index in [2.05, 4.69) is 5.32 Å². The van der Waals surface area contributed by atoms with Gasteiger partial charge in [-0.2, -0.15) is 4.31 Å². The summed E-state index contributed by atoms with van der Waals surface area (Å²) in [6.45, 7) is 2.55. The Morgan fingerprint density at radius 3 is 2.83 bits per heavy atom. The molecule has 0 saturated carbocycles. The normalized spacial score (nSPS) is 19.7. The van der Waals surface area contributed by atoms with Crippen LogP contribution in [0.4, 0.5) is 4.39 Å². The van der Waals surface area contributed by atoms with Gasteiger partial charge in [-0.1, -0.05) is 0 Å². The number of furan rings is 1. The Morgan fingerprint density at radius 1 is 1.39 bits per heavy atom. The Kier molecular flexibility index (Phi) is 5.35. The highest BCUT2D eigenvalue weighted by Gasteiger charge is 2.34. The van der Waals surface area contributed by atoms with Gasteiger partial charge in [0.2, 0.25) is 5.09 Å². The van der Waals surface area contributed by atoms with Crippen LogP contribution in [0.3, 0.4) is 0 Å². The van der Waals surface area contributed by atoms with Gasteiger partial charge < -0.3 is 9.73 Å². The van der Waals surface area contributed by atoms with Crippen molar-refractivity contribution in [2.45, 2.75) is 30.9 Å². The van der Waals surface area contributed by atoms with Crippen molar-refractivity contribution in [1.82, 2.24) is 9.62 Å². The highest BCUT2D eigenvalue weighted by atomic mass is 35.5. The van der Waals surface area contributed by atoms with E-state index < -0.39 is 15.8 Å². The molecule has 0 radical (unpaired) electrons. The van der Waals surface area contributed by atoms with Crippen LogP contribution in [0.25, 0.3) is 11.0 Å². The molecule has 1 aliphatic heterocycles. The van der Waals surface area contributed by atoms with Gasteiger partial charge >= 0.3 is 0 Å². The molecule has 128 valence electrons. The summed E-state index contributed by atoms with van der Waals surface area (Å²) in [4.78, 5) is 0. The van der Waals surface area contributed by atoms with Gasteiger partial charge in [-0.15, -0.1) is 12.4 Å². The maximum atomic E-state index is 13.4. The van der Waals surface area contributed by atoms with Gasteiger partial charge in [-0.05, 0) is 45.0 Å². The number of sulfonamides is 1. The van der Waals surface area contributed by atoms with Gasteiger partial charge in [0, 0.05) is 30.1 Å². The molecule has 1 aromatic carbocycles. The monoisotopic (exact) mass is 362 g/mol. The Balaban J connectivity index is 0.00000192. The van der Waals surface area contributed by atoms with Crippen molar-refractivity contribution in [3.8, 4) is 0 Å². The van der Waals surface area contributed by atoms with Crippen LogP contribution < -0.4 is 5.32 Å². The number of piperidine rings is 1. The van der Waals surface area contributed by atoms with Crippen molar-refractivity contribution in [2.75, 3.05) is 20.1 Å². The van der Waals surface area contributed by atoms with Gasteiger partial charge in [0.1, 0.15) is 11.4 Å². The van der Waals surface area contributed by atoms with Crippen molar-refractivity contribution in [1.29, 1.82) is 0 Å². The maximum Gasteiger partial charge on any atom is 0.276 e. The number of nitrogens with zero attached hydrogens (tertiary/aromatic N) is 1. The van der Waals surface area contributed by atoms with Gasteiger partial charge in [-0.25, -0.2) is 12.8 Å². The molecule has 1 aliphatic rings. The summed E-state index contributed by atoms with van der Waals surface area (Å²) in [7, 11) is -1.88. The zero-order valence-electron chi connectivity index (χ0n) is 13.0. The molecule has 1 saturated heterocycles. The number of fused-ring (bicyclic) bond motifs is 1. The average Bonchev–Trinajstić information content (AvgIpc) is 2.85. The van der Waals surface area contributed by atoms with E-state index in [-0.39, 0.29) is 23.5 Å². The molecule has 2 heterocycles. The fourth-order valence-electron chi connectivity index (χ4n) is 2.93. The van der Waals surface area contributed by atoms with Crippen molar-refractivity contribution in [3.63, 3.8) is 0 Å². The number of halogens is 2. The summed E-state index contributed by atoms with van der Waals surface area (Å²) in [5, 5.41) is 3.54. The molecule has 0 amide bonds. The first-order valence-electron chi connectivity index (χ1n) is 7.29. The van der Waals surface area contributed by atoms with Crippen LogP contribution in [-0.2, 0) is 10.0 Å². The van der Waals surface area contributed by atoms with Crippen molar-refractivity contribution < 1.29 is 17.2 Å². The largest absolute Gasteiger partial charge is 0.443 e. The van der Waals surface area contributed by atoms with Crippen LogP contribution >= 0.6 is 12.4 Å². The zero-order chi connectivity index (χ0) is 15.9. The third-order valence-corrected chi connectivity index (χ3v) is 6.09. The quantitative estimate of drug-likeness (QED) is 0.911. The number of hydrogen-bond acceptors (Lipinski definition) is 4. The maximum absolute atomic E-state index is 13.4. The second kappa shape index (κ2) is 6.76. The molecule has 23 heavy (non-hydrogen) atoms. The SMILES string of the molecule is CNC1CCCN(S(=O)(=O)c2oc3ccc(F)cc3c2C)C1.Cl. The van der Waals surface area contributed by atoms with Crippen LogP contribution in [0.1, 0.15) is 18.4 Å². The lowest BCUT2D eigenvalue weighted by Gasteiger charge is -2.31. The number of likely N-dealkylation sites (N-methyl/N-ethyl adjacent to an activating group) is 1. The summed E-state index contributed by atoms with van der Waals surface area (Å²) in [5.41, 5.74) is 0.848. The number of hydrogen-bond donors (Lipinski definition) is 1. The molecule has 8 heteroatoms. The molecule has 3 rings (SSSR count). The summed E-state index contributed by atoms with van der Waals surface area (Å²) in [6, 6.07) is 4.17. The molecule has 1 atom stereocenters. The van der Waals surface area contributed by atoms with E-state index in [0.717, 1.165) is 12.8 Å². The van der Waals surface area contributed by atoms with Crippen LogP contribution in [0.2, 0.25) is 0 Å². The van der Waals surface area contributed by atoms with E-state index in [1.807, 2.05) is 7.05 Å². The van der Waals surface area contributed by atoms with Crippen LogP contribution in [0, 0.1) is 12.7 Å². The third kappa shape index (κ3) is 3.24. The fourth-order valence-corrected chi connectivity index (χ4v) is 4.60. The predicted molar refractivity (Wildman–Crippen MR) is 89.0 cm³/mol. The zero-order valence-corrected chi connectivity index (χ0v) is 14.6. The molecular formula is C15H20ClFN2O3S. The van der Waals surface area contributed by atoms with Gasteiger partial charge in [0.15, 0.2) is 0 Å². The van der Waals surface area contributed by atoms with Crippen LogP contribution in [0.15, 0.2) is 27.7 Å². The molecule has 1 fully saturated rings. The number of aryl methyl sites for hydroxylation is 1. The predicted octanol–water partition coefficient (Wildman–Crippen LogP) is 2.67. The van der Waals surface area contributed by atoms with E-state index >= 15 is 0 Å². The van der Waals surface area contributed by atoms with E-state index in [1.165, 1.54) is 22.5 Å². The summed E-state index contributed by atoms with van der Waals surface area (Å²) in [5.74, 6) is -0.409. The highest BCUT2D eigenvalue weighted by Crippen LogP contribution is 2.32. The Morgan fingerprint density at radius 2 is 2.13 bits per heavy atom. The standard InChI is InChI=1S/C15H19FN2O3S.ClH/c1-10-13-8-11(16)5-6-14(13)21-15(10)22(19,20)18-7-3-4-12(9-18)17-2;/h5-6,8,12,17H,3-4,7,9H2,1-2H3;1H. The smallest absolute Gasteiger partial charge is 0.276 e. The van der Waals surface area contributed by atoms with Crippen molar-refractivity contribution >= 4 is 33.4 Å². The molecule has 1 N–H and O–H groups in total. The van der Waals surface area contributed by atoms with Gasteiger partial charge in [-0.3, -0.25) is 0 Å². The lowest BCUT2D eigenvalue weighted by molar-refractivity contribution is 0.286. The molecule has 1 unspecified atom stereocenters. The second-order valence-electron chi connectivity index (χ2n) is 5.65.